The average Bonchev–Trinajstić information content (AvgIpc) is 3.18. The quantitative estimate of drug-likeness (QED) is 0.838. The summed E-state index contributed by atoms with van der Waals surface area (Å²) in [4.78, 5) is 16.7. The summed E-state index contributed by atoms with van der Waals surface area (Å²) >= 11 is 12.9. The highest BCUT2D eigenvalue weighted by molar-refractivity contribution is 6.43. The molecule has 0 radical (unpaired) electrons. The third-order valence-electron chi connectivity index (χ3n) is 5.12. The highest BCUT2D eigenvalue weighted by Crippen LogP contribution is 2.34. The average molecular weight is 411 g/mol. The van der Waals surface area contributed by atoms with Gasteiger partial charge in [-0.05, 0) is 51.5 Å². The summed E-state index contributed by atoms with van der Waals surface area (Å²) in [6, 6.07) is 3.54. The first-order valence-corrected chi connectivity index (χ1v) is 9.70. The fourth-order valence-electron chi connectivity index (χ4n) is 3.32. The number of nitrogens with zero attached hydrogens (tertiary/aromatic N) is 5. The van der Waals surface area contributed by atoms with Crippen LogP contribution in [0.5, 0.6) is 0 Å². The van der Waals surface area contributed by atoms with Gasteiger partial charge < -0.3 is 15.1 Å². The lowest BCUT2D eigenvalue weighted by Crippen LogP contribution is -2.48. The first-order valence-electron chi connectivity index (χ1n) is 8.95. The number of benzene rings is 1. The maximum atomic E-state index is 12.7. The Bertz CT molecular complexity index is 789. The summed E-state index contributed by atoms with van der Waals surface area (Å²) in [6.07, 6.45) is 5.22. The molecular formula is C18H24Cl2N6O. The monoisotopic (exact) mass is 410 g/mol. The van der Waals surface area contributed by atoms with Gasteiger partial charge in [0.25, 0.3) is 0 Å². The number of aromatic nitrogens is 3. The second-order valence-electron chi connectivity index (χ2n) is 6.97. The molecule has 1 atom stereocenters. The van der Waals surface area contributed by atoms with Crippen LogP contribution in [0.15, 0.2) is 24.5 Å². The van der Waals surface area contributed by atoms with E-state index in [1.165, 1.54) is 0 Å². The van der Waals surface area contributed by atoms with E-state index in [0.717, 1.165) is 31.5 Å². The predicted molar refractivity (Wildman–Crippen MR) is 107 cm³/mol. The van der Waals surface area contributed by atoms with E-state index < -0.39 is 0 Å². The van der Waals surface area contributed by atoms with Crippen LogP contribution in [0.4, 0.5) is 4.79 Å². The Morgan fingerprint density at radius 1 is 1.30 bits per heavy atom. The molecule has 3 rings (SSSR count). The minimum absolute atomic E-state index is 0.107. The van der Waals surface area contributed by atoms with Gasteiger partial charge >= 0.3 is 6.03 Å². The number of urea groups is 1. The predicted octanol–water partition coefficient (Wildman–Crippen LogP) is 3.37. The molecule has 0 aliphatic carbocycles. The van der Waals surface area contributed by atoms with Crippen molar-refractivity contribution in [2.45, 2.75) is 31.8 Å². The number of amides is 2. The molecule has 1 fully saturated rings. The van der Waals surface area contributed by atoms with Crippen LogP contribution in [0, 0.1) is 0 Å². The molecule has 1 aromatic carbocycles. The van der Waals surface area contributed by atoms with Crippen molar-refractivity contribution >= 4 is 29.2 Å². The fourth-order valence-corrected chi connectivity index (χ4v) is 3.90. The Labute approximate surface area is 169 Å². The summed E-state index contributed by atoms with van der Waals surface area (Å²) in [5, 5.41) is 11.5. The Hall–Kier alpha value is -1.83. The standard InChI is InChI=1S/C18H24Cl2N6O/c1-12(22-18(27)25(3)13-6-9-24(2)10-7-13)14-4-5-15(17(20)16(14)19)26-11-8-21-23-26/h4-5,8,11-13H,6-7,9-10H2,1-3H3,(H,22,27). The van der Waals surface area contributed by atoms with E-state index in [9.17, 15) is 4.79 Å². The summed E-state index contributed by atoms with van der Waals surface area (Å²) in [6.45, 7) is 3.90. The van der Waals surface area contributed by atoms with Crippen LogP contribution < -0.4 is 5.32 Å². The molecule has 9 heteroatoms. The topological polar surface area (TPSA) is 66.3 Å². The number of halogens is 2. The number of hydrogen-bond donors (Lipinski definition) is 1. The van der Waals surface area contributed by atoms with Gasteiger partial charge in [0.2, 0.25) is 0 Å². The van der Waals surface area contributed by atoms with Crippen molar-refractivity contribution in [3.05, 3.63) is 40.1 Å². The number of hydrogen-bond acceptors (Lipinski definition) is 4. The van der Waals surface area contributed by atoms with Crippen LogP contribution in [-0.2, 0) is 0 Å². The molecule has 146 valence electrons. The normalized spacial score (nSPS) is 16.9. The third-order valence-corrected chi connectivity index (χ3v) is 6.01. The molecule has 1 aliphatic rings. The van der Waals surface area contributed by atoms with Crippen LogP contribution >= 0.6 is 23.2 Å². The van der Waals surface area contributed by atoms with E-state index in [1.807, 2.05) is 26.1 Å². The highest BCUT2D eigenvalue weighted by Gasteiger charge is 2.25. The van der Waals surface area contributed by atoms with Gasteiger partial charge in [-0.25, -0.2) is 9.48 Å². The van der Waals surface area contributed by atoms with Crippen LogP contribution in [-0.4, -0.2) is 64.1 Å². The smallest absolute Gasteiger partial charge is 0.317 e. The van der Waals surface area contributed by atoms with E-state index in [4.69, 9.17) is 23.2 Å². The fraction of sp³-hybridized carbons (Fsp3) is 0.500. The first-order chi connectivity index (χ1) is 12.9. The minimum Gasteiger partial charge on any atom is -0.331 e. The van der Waals surface area contributed by atoms with Crippen LogP contribution in [0.25, 0.3) is 5.69 Å². The highest BCUT2D eigenvalue weighted by atomic mass is 35.5. The van der Waals surface area contributed by atoms with E-state index in [1.54, 1.807) is 22.0 Å². The Kier molecular flexibility index (Phi) is 6.24. The van der Waals surface area contributed by atoms with Crippen LogP contribution in [0.2, 0.25) is 10.0 Å². The van der Waals surface area contributed by atoms with Crippen molar-refractivity contribution in [3.63, 3.8) is 0 Å². The summed E-state index contributed by atoms with van der Waals surface area (Å²) in [5.74, 6) is 0. The van der Waals surface area contributed by atoms with E-state index in [2.05, 4.69) is 27.6 Å². The minimum atomic E-state index is -0.277. The molecule has 0 bridgehead atoms. The molecule has 1 aliphatic heterocycles. The second kappa shape index (κ2) is 8.46. The zero-order chi connectivity index (χ0) is 19.6. The lowest BCUT2D eigenvalue weighted by molar-refractivity contribution is 0.146. The first kappa shape index (κ1) is 19.9. The molecule has 1 N–H and O–H groups in total. The zero-order valence-electron chi connectivity index (χ0n) is 15.7. The van der Waals surface area contributed by atoms with Crippen LogP contribution in [0.3, 0.4) is 0 Å². The summed E-state index contributed by atoms with van der Waals surface area (Å²) in [5.41, 5.74) is 1.40. The number of carbonyl (C=O) groups excluding carboxylic acids is 1. The molecule has 2 amide bonds. The zero-order valence-corrected chi connectivity index (χ0v) is 17.2. The van der Waals surface area contributed by atoms with Gasteiger partial charge in [-0.2, -0.15) is 0 Å². The van der Waals surface area contributed by atoms with E-state index in [0.29, 0.717) is 15.7 Å². The lowest BCUT2D eigenvalue weighted by atomic mass is 10.0. The van der Waals surface area contributed by atoms with E-state index >= 15 is 0 Å². The van der Waals surface area contributed by atoms with Crippen molar-refractivity contribution in [1.82, 2.24) is 30.1 Å². The van der Waals surface area contributed by atoms with Crippen LogP contribution in [0.1, 0.15) is 31.4 Å². The number of carbonyl (C=O) groups is 1. The Morgan fingerprint density at radius 2 is 2.00 bits per heavy atom. The summed E-state index contributed by atoms with van der Waals surface area (Å²) < 4.78 is 1.55. The largest absolute Gasteiger partial charge is 0.331 e. The molecule has 1 aromatic heterocycles. The van der Waals surface area contributed by atoms with Gasteiger partial charge in [0.05, 0.1) is 34.2 Å². The van der Waals surface area contributed by atoms with Gasteiger partial charge in [-0.1, -0.05) is 34.5 Å². The molecule has 1 unspecified atom stereocenters. The summed E-state index contributed by atoms with van der Waals surface area (Å²) in [7, 11) is 3.95. The van der Waals surface area contributed by atoms with Gasteiger partial charge in [0, 0.05) is 13.1 Å². The maximum absolute atomic E-state index is 12.7. The van der Waals surface area contributed by atoms with Gasteiger partial charge in [0.1, 0.15) is 0 Å². The number of piperidine rings is 1. The number of likely N-dealkylation sites (tertiary alicyclic amines) is 1. The lowest BCUT2D eigenvalue weighted by Gasteiger charge is -2.35. The third kappa shape index (κ3) is 4.36. The van der Waals surface area contributed by atoms with Crippen molar-refractivity contribution in [3.8, 4) is 5.69 Å². The Balaban J connectivity index is 1.69. The molecule has 1 saturated heterocycles. The molecule has 27 heavy (non-hydrogen) atoms. The van der Waals surface area contributed by atoms with Crippen molar-refractivity contribution in [1.29, 1.82) is 0 Å². The van der Waals surface area contributed by atoms with Gasteiger partial charge in [0.15, 0.2) is 0 Å². The number of nitrogens with one attached hydrogen (secondary N) is 1. The molecule has 2 aromatic rings. The molecular weight excluding hydrogens is 387 g/mol. The molecule has 0 spiro atoms. The second-order valence-corrected chi connectivity index (χ2v) is 7.72. The molecule has 0 saturated carbocycles. The maximum Gasteiger partial charge on any atom is 0.317 e. The van der Waals surface area contributed by atoms with Crippen molar-refractivity contribution < 1.29 is 4.79 Å². The SMILES string of the molecule is CC(NC(=O)N(C)C1CCN(C)CC1)c1ccc(-n2ccnn2)c(Cl)c1Cl. The van der Waals surface area contributed by atoms with Crippen molar-refractivity contribution in [2.75, 3.05) is 27.2 Å². The Morgan fingerprint density at radius 3 is 2.63 bits per heavy atom. The van der Waals surface area contributed by atoms with Gasteiger partial charge in [-0.15, -0.1) is 5.10 Å². The van der Waals surface area contributed by atoms with Gasteiger partial charge in [-0.3, -0.25) is 0 Å². The van der Waals surface area contributed by atoms with Crippen molar-refractivity contribution in [2.24, 2.45) is 0 Å². The number of rotatable bonds is 4. The van der Waals surface area contributed by atoms with E-state index in [-0.39, 0.29) is 18.1 Å². The molecule has 7 nitrogen and oxygen atoms in total. The molecule has 2 heterocycles.